The van der Waals surface area contributed by atoms with E-state index in [1.54, 1.807) is 0 Å². The molecule has 0 radical (unpaired) electrons. The minimum Gasteiger partial charge on any atom is -0.310 e. The SMILES string of the molecule is c1ccc(-n2c3ccccc3c3cc(-c4cccc(N(c5ccc(-c6cccc7ccccc67)cc5)c5ccc6c(c5)C(c5ccccc5)(c5ccccc5)c5ccccc5-6)c4)ccc32)cc1. The van der Waals surface area contributed by atoms with Gasteiger partial charge in [0.2, 0.25) is 0 Å². The summed E-state index contributed by atoms with van der Waals surface area (Å²) in [6, 6.07) is 98.1. The standard InChI is InChI=1S/C65H44N2/c1-4-21-49(22-5-1)65(50-23-6-2-7-24-50)61-32-14-12-29-57(61)58-40-39-54(44-62(58)65)66(52-37-34-46(35-38-52)56-31-17-19-45-18-10-11-28-55(45)56)53-27-16-20-47(42-53)48-36-41-64-60(43-48)59-30-13-15-33-63(59)67(64)51-25-8-3-9-26-51/h1-44H. The molecule has 0 spiro atoms. The summed E-state index contributed by atoms with van der Waals surface area (Å²) in [6.45, 7) is 0. The average molecular weight is 853 g/mol. The number of para-hydroxylation sites is 2. The first-order valence-electron chi connectivity index (χ1n) is 23.2. The minimum atomic E-state index is -0.523. The van der Waals surface area contributed by atoms with Crippen LogP contribution in [-0.2, 0) is 5.41 Å². The van der Waals surface area contributed by atoms with Gasteiger partial charge in [0.25, 0.3) is 0 Å². The quantitative estimate of drug-likeness (QED) is 0.148. The van der Waals surface area contributed by atoms with Crippen molar-refractivity contribution in [3.8, 4) is 39.1 Å². The molecule has 13 rings (SSSR count). The van der Waals surface area contributed by atoms with Crippen molar-refractivity contribution in [2.24, 2.45) is 0 Å². The molecule has 0 atom stereocenters. The number of fused-ring (bicyclic) bond motifs is 7. The molecule has 0 amide bonds. The fourth-order valence-electron chi connectivity index (χ4n) is 11.1. The summed E-state index contributed by atoms with van der Waals surface area (Å²) in [6.07, 6.45) is 0. The van der Waals surface area contributed by atoms with Gasteiger partial charge in [-0.25, -0.2) is 0 Å². The molecule has 1 aliphatic rings. The van der Waals surface area contributed by atoms with Crippen LogP contribution in [-0.4, -0.2) is 4.57 Å². The Morgan fingerprint density at radius 1 is 0.299 bits per heavy atom. The molecule has 12 aromatic rings. The lowest BCUT2D eigenvalue weighted by Gasteiger charge is -2.35. The first kappa shape index (κ1) is 38.7. The summed E-state index contributed by atoms with van der Waals surface area (Å²) >= 11 is 0. The highest BCUT2D eigenvalue weighted by molar-refractivity contribution is 6.10. The number of aromatic nitrogens is 1. The van der Waals surface area contributed by atoms with Crippen molar-refractivity contribution < 1.29 is 0 Å². The third kappa shape index (κ3) is 6.18. The van der Waals surface area contributed by atoms with Gasteiger partial charge in [0.15, 0.2) is 0 Å². The van der Waals surface area contributed by atoms with Crippen molar-refractivity contribution in [1.82, 2.24) is 4.57 Å². The Morgan fingerprint density at radius 2 is 0.851 bits per heavy atom. The van der Waals surface area contributed by atoms with E-state index in [4.69, 9.17) is 0 Å². The van der Waals surface area contributed by atoms with E-state index in [-0.39, 0.29) is 0 Å². The van der Waals surface area contributed by atoms with Crippen molar-refractivity contribution in [1.29, 1.82) is 0 Å². The van der Waals surface area contributed by atoms with Gasteiger partial charge >= 0.3 is 0 Å². The maximum Gasteiger partial charge on any atom is 0.0714 e. The zero-order valence-electron chi connectivity index (χ0n) is 36.8. The highest BCUT2D eigenvalue weighted by atomic mass is 15.1. The van der Waals surface area contributed by atoms with Crippen LogP contribution in [0, 0.1) is 0 Å². The van der Waals surface area contributed by atoms with E-state index >= 15 is 0 Å². The maximum absolute atomic E-state index is 2.46. The van der Waals surface area contributed by atoms with Gasteiger partial charge in [-0.05, 0) is 133 Å². The second kappa shape index (κ2) is 15.8. The normalized spacial score (nSPS) is 12.6. The second-order valence-corrected chi connectivity index (χ2v) is 17.6. The highest BCUT2D eigenvalue weighted by Gasteiger charge is 2.46. The molecule has 0 aliphatic heterocycles. The van der Waals surface area contributed by atoms with Gasteiger partial charge in [0, 0.05) is 33.5 Å². The number of hydrogen-bond acceptors (Lipinski definition) is 1. The minimum absolute atomic E-state index is 0.523. The lowest BCUT2D eigenvalue weighted by molar-refractivity contribution is 0.768. The van der Waals surface area contributed by atoms with E-state index in [9.17, 15) is 0 Å². The molecule has 1 aliphatic carbocycles. The van der Waals surface area contributed by atoms with E-state index in [1.165, 1.54) is 82.6 Å². The molecule has 1 aromatic heterocycles. The molecule has 0 saturated carbocycles. The predicted molar refractivity (Wildman–Crippen MR) is 281 cm³/mol. The Labute approximate surface area is 390 Å². The first-order chi connectivity index (χ1) is 33.2. The highest BCUT2D eigenvalue weighted by Crippen LogP contribution is 2.57. The van der Waals surface area contributed by atoms with Crippen LogP contribution in [0.3, 0.4) is 0 Å². The van der Waals surface area contributed by atoms with Crippen molar-refractivity contribution >= 4 is 49.6 Å². The van der Waals surface area contributed by atoms with Crippen LogP contribution in [0.25, 0.3) is 71.6 Å². The van der Waals surface area contributed by atoms with Crippen molar-refractivity contribution in [2.75, 3.05) is 4.90 Å². The van der Waals surface area contributed by atoms with Crippen LogP contribution < -0.4 is 4.90 Å². The molecule has 314 valence electrons. The molecule has 0 saturated heterocycles. The molecule has 0 unspecified atom stereocenters. The van der Waals surface area contributed by atoms with Crippen LogP contribution in [0.1, 0.15) is 22.3 Å². The fourth-order valence-corrected chi connectivity index (χ4v) is 11.1. The van der Waals surface area contributed by atoms with Gasteiger partial charge in [0.1, 0.15) is 0 Å². The Bertz CT molecular complexity index is 3750. The lowest BCUT2D eigenvalue weighted by atomic mass is 9.67. The molecule has 2 nitrogen and oxygen atoms in total. The topological polar surface area (TPSA) is 8.17 Å². The molecule has 0 fully saturated rings. The molecule has 67 heavy (non-hydrogen) atoms. The van der Waals surface area contributed by atoms with Crippen molar-refractivity contribution in [3.05, 3.63) is 289 Å². The molecule has 0 N–H and O–H groups in total. The molecule has 11 aromatic carbocycles. The summed E-state index contributed by atoms with van der Waals surface area (Å²) in [5.74, 6) is 0. The number of benzene rings is 11. The maximum atomic E-state index is 2.46. The van der Waals surface area contributed by atoms with Crippen LogP contribution in [0.2, 0.25) is 0 Å². The number of hydrogen-bond donors (Lipinski definition) is 0. The smallest absolute Gasteiger partial charge is 0.0714 e. The van der Waals surface area contributed by atoms with Gasteiger partial charge in [-0.1, -0.05) is 200 Å². The van der Waals surface area contributed by atoms with E-state index in [0.717, 1.165) is 28.3 Å². The van der Waals surface area contributed by atoms with Gasteiger partial charge in [-0.15, -0.1) is 0 Å². The summed E-state index contributed by atoms with van der Waals surface area (Å²) in [5, 5.41) is 4.97. The van der Waals surface area contributed by atoms with Gasteiger partial charge < -0.3 is 9.47 Å². The largest absolute Gasteiger partial charge is 0.310 e. The van der Waals surface area contributed by atoms with Gasteiger partial charge in [0.05, 0.1) is 16.4 Å². The molecule has 2 heteroatoms. The number of anilines is 3. The Balaban J connectivity index is 1.01. The second-order valence-electron chi connectivity index (χ2n) is 17.6. The van der Waals surface area contributed by atoms with Crippen LogP contribution in [0.15, 0.2) is 267 Å². The third-order valence-corrected chi connectivity index (χ3v) is 14.1. The van der Waals surface area contributed by atoms with Crippen molar-refractivity contribution in [2.45, 2.75) is 5.41 Å². The molecule has 0 bridgehead atoms. The Morgan fingerprint density at radius 3 is 1.64 bits per heavy atom. The number of nitrogens with zero attached hydrogens (tertiary/aromatic N) is 2. The predicted octanol–water partition coefficient (Wildman–Crippen LogP) is 17.1. The zero-order chi connectivity index (χ0) is 44.3. The molecule has 1 heterocycles. The van der Waals surface area contributed by atoms with Gasteiger partial charge in [-0.2, -0.15) is 0 Å². The zero-order valence-corrected chi connectivity index (χ0v) is 36.8. The fraction of sp³-hybridized carbons (Fsp3) is 0.0154. The summed E-state index contributed by atoms with van der Waals surface area (Å²) in [4.78, 5) is 2.44. The first-order valence-corrected chi connectivity index (χ1v) is 23.2. The molecular weight excluding hydrogens is 809 g/mol. The summed E-state index contributed by atoms with van der Waals surface area (Å²) < 4.78 is 2.38. The third-order valence-electron chi connectivity index (χ3n) is 14.1. The van der Waals surface area contributed by atoms with Crippen LogP contribution >= 0.6 is 0 Å². The summed E-state index contributed by atoms with van der Waals surface area (Å²) in [5.41, 5.74) is 18.7. The number of rotatable bonds is 8. The Hall–Kier alpha value is -8.72. The van der Waals surface area contributed by atoms with Crippen LogP contribution in [0.4, 0.5) is 17.1 Å². The van der Waals surface area contributed by atoms with Crippen LogP contribution in [0.5, 0.6) is 0 Å². The van der Waals surface area contributed by atoms with E-state index < -0.39 is 5.41 Å². The van der Waals surface area contributed by atoms with Crippen molar-refractivity contribution in [3.63, 3.8) is 0 Å². The average Bonchev–Trinajstić information content (AvgIpc) is 3.90. The van der Waals surface area contributed by atoms with E-state index in [0.29, 0.717) is 0 Å². The molecular formula is C65H44N2. The summed E-state index contributed by atoms with van der Waals surface area (Å²) in [7, 11) is 0. The monoisotopic (exact) mass is 852 g/mol. The van der Waals surface area contributed by atoms with Gasteiger partial charge in [-0.3, -0.25) is 0 Å². The Kier molecular flexibility index (Phi) is 9.11. The van der Waals surface area contributed by atoms with E-state index in [1.807, 2.05) is 0 Å². The lowest BCUT2D eigenvalue weighted by Crippen LogP contribution is -2.28. The van der Waals surface area contributed by atoms with E-state index in [2.05, 4.69) is 276 Å².